The lowest BCUT2D eigenvalue weighted by atomic mass is 9.67. The molecule has 3 rings (SSSR count). The summed E-state index contributed by atoms with van der Waals surface area (Å²) in [5.74, 6) is -1.58. The van der Waals surface area contributed by atoms with Crippen molar-refractivity contribution < 1.29 is 23.4 Å². The van der Waals surface area contributed by atoms with Crippen LogP contribution in [0.4, 0.5) is 8.78 Å². The molecule has 138 valence electrons. The molecule has 2 aromatic carbocycles. The van der Waals surface area contributed by atoms with E-state index < -0.39 is 11.4 Å². The molecule has 0 aliphatic heterocycles. The summed E-state index contributed by atoms with van der Waals surface area (Å²) < 4.78 is 32.8. The maximum absolute atomic E-state index is 13.9. The van der Waals surface area contributed by atoms with Gasteiger partial charge in [-0.3, -0.25) is 4.79 Å². The Labute approximate surface area is 151 Å². The van der Waals surface area contributed by atoms with Crippen LogP contribution in [0.3, 0.4) is 0 Å². The normalized spacial score (nSPS) is 23.0. The zero-order chi connectivity index (χ0) is 18.7. The van der Waals surface area contributed by atoms with Crippen molar-refractivity contribution >= 4 is 5.97 Å². The number of benzene rings is 2. The van der Waals surface area contributed by atoms with Gasteiger partial charge in [-0.05, 0) is 67.5 Å². The minimum absolute atomic E-state index is 0.0543. The van der Waals surface area contributed by atoms with Crippen LogP contribution in [0, 0.1) is 18.6 Å². The highest BCUT2D eigenvalue weighted by Gasteiger charge is 2.44. The number of carbonyl (C=O) groups is 1. The second kappa shape index (κ2) is 7.54. The zero-order valence-corrected chi connectivity index (χ0v) is 14.7. The first kappa shape index (κ1) is 18.5. The van der Waals surface area contributed by atoms with Crippen LogP contribution >= 0.6 is 0 Å². The Hall–Kier alpha value is -2.27. The molecule has 0 saturated heterocycles. The lowest BCUT2D eigenvalue weighted by Gasteiger charge is -2.38. The Morgan fingerprint density at radius 2 is 1.81 bits per heavy atom. The first-order valence-corrected chi connectivity index (χ1v) is 8.77. The quantitative estimate of drug-likeness (QED) is 0.837. The molecule has 0 spiro atoms. The van der Waals surface area contributed by atoms with Crippen molar-refractivity contribution in [1.82, 2.24) is 0 Å². The van der Waals surface area contributed by atoms with E-state index in [4.69, 9.17) is 4.74 Å². The number of hydrogen-bond acceptors (Lipinski definition) is 2. The summed E-state index contributed by atoms with van der Waals surface area (Å²) in [5.41, 5.74) is 0.770. The zero-order valence-electron chi connectivity index (χ0n) is 14.7. The minimum atomic E-state index is -1.07. The molecule has 0 heterocycles. The van der Waals surface area contributed by atoms with E-state index in [1.807, 2.05) is 0 Å². The SMILES string of the molecule is Cc1c(F)cccc1C1(C(=O)O)CCC(OCc2ccc(F)cc2)CC1. The van der Waals surface area contributed by atoms with Crippen LogP contribution in [-0.2, 0) is 21.6 Å². The number of aliphatic carboxylic acids is 1. The van der Waals surface area contributed by atoms with E-state index in [0.717, 1.165) is 5.56 Å². The van der Waals surface area contributed by atoms with Crippen molar-refractivity contribution in [2.75, 3.05) is 0 Å². The third-order valence-electron chi connectivity index (χ3n) is 5.38. The summed E-state index contributed by atoms with van der Waals surface area (Å²) in [6.45, 7) is 2.00. The van der Waals surface area contributed by atoms with Gasteiger partial charge in [0, 0.05) is 0 Å². The molecular weight excluding hydrogens is 338 g/mol. The molecule has 1 aliphatic carbocycles. The van der Waals surface area contributed by atoms with Gasteiger partial charge in [-0.25, -0.2) is 8.78 Å². The summed E-state index contributed by atoms with van der Waals surface area (Å²) in [6, 6.07) is 10.8. The average Bonchev–Trinajstić information content (AvgIpc) is 2.64. The molecule has 0 bridgehead atoms. The fourth-order valence-electron chi connectivity index (χ4n) is 3.77. The van der Waals surface area contributed by atoms with Crippen LogP contribution in [0.1, 0.15) is 42.4 Å². The Kier molecular flexibility index (Phi) is 5.37. The van der Waals surface area contributed by atoms with Crippen molar-refractivity contribution in [3.05, 3.63) is 70.8 Å². The van der Waals surface area contributed by atoms with Gasteiger partial charge in [0.1, 0.15) is 11.6 Å². The monoisotopic (exact) mass is 360 g/mol. The molecule has 2 aromatic rings. The smallest absolute Gasteiger partial charge is 0.314 e. The van der Waals surface area contributed by atoms with Gasteiger partial charge in [0.2, 0.25) is 0 Å². The Bertz CT molecular complexity index is 778. The van der Waals surface area contributed by atoms with Gasteiger partial charge in [0.15, 0.2) is 0 Å². The van der Waals surface area contributed by atoms with Crippen LogP contribution in [-0.4, -0.2) is 17.2 Å². The minimum Gasteiger partial charge on any atom is -0.481 e. The van der Waals surface area contributed by atoms with E-state index in [2.05, 4.69) is 0 Å². The molecule has 0 aromatic heterocycles. The van der Waals surface area contributed by atoms with Crippen molar-refractivity contribution in [3.8, 4) is 0 Å². The number of ether oxygens (including phenoxy) is 1. The maximum atomic E-state index is 13.9. The molecule has 1 fully saturated rings. The highest BCUT2D eigenvalue weighted by Crippen LogP contribution is 2.42. The van der Waals surface area contributed by atoms with Gasteiger partial charge in [-0.1, -0.05) is 24.3 Å². The lowest BCUT2D eigenvalue weighted by Crippen LogP contribution is -2.42. The number of carboxylic acid groups (broad SMARTS) is 1. The third kappa shape index (κ3) is 3.63. The number of carboxylic acids is 1. The van der Waals surface area contributed by atoms with Crippen molar-refractivity contribution in [1.29, 1.82) is 0 Å². The first-order valence-electron chi connectivity index (χ1n) is 8.77. The number of hydrogen-bond donors (Lipinski definition) is 1. The van der Waals surface area contributed by atoms with Crippen LogP contribution in [0.15, 0.2) is 42.5 Å². The molecular formula is C21H22F2O3. The second-order valence-corrected chi connectivity index (χ2v) is 6.94. The molecule has 0 unspecified atom stereocenters. The van der Waals surface area contributed by atoms with E-state index in [1.165, 1.54) is 18.2 Å². The van der Waals surface area contributed by atoms with Gasteiger partial charge >= 0.3 is 5.97 Å². The van der Waals surface area contributed by atoms with E-state index in [0.29, 0.717) is 43.4 Å². The lowest BCUT2D eigenvalue weighted by molar-refractivity contribution is -0.146. The van der Waals surface area contributed by atoms with E-state index in [1.54, 1.807) is 31.2 Å². The van der Waals surface area contributed by atoms with Crippen molar-refractivity contribution in [2.24, 2.45) is 0 Å². The molecule has 0 amide bonds. The summed E-state index contributed by atoms with van der Waals surface area (Å²) in [4.78, 5) is 12.1. The molecule has 3 nitrogen and oxygen atoms in total. The molecule has 0 atom stereocenters. The van der Waals surface area contributed by atoms with Gasteiger partial charge < -0.3 is 9.84 Å². The van der Waals surface area contributed by atoms with Crippen molar-refractivity contribution in [2.45, 2.75) is 50.7 Å². The van der Waals surface area contributed by atoms with Crippen molar-refractivity contribution in [3.63, 3.8) is 0 Å². The fraction of sp³-hybridized carbons (Fsp3) is 0.381. The van der Waals surface area contributed by atoms with Crippen LogP contribution in [0.5, 0.6) is 0 Å². The van der Waals surface area contributed by atoms with E-state index in [9.17, 15) is 18.7 Å². The number of halogens is 2. The standard InChI is InChI=1S/C21H22F2O3/c1-14-18(3-2-4-19(14)23)21(20(24)25)11-9-17(10-12-21)26-13-15-5-7-16(22)8-6-15/h2-8,17H,9-13H2,1H3,(H,24,25). The van der Waals surface area contributed by atoms with Gasteiger partial charge in [-0.2, -0.15) is 0 Å². The highest BCUT2D eigenvalue weighted by molar-refractivity contribution is 5.82. The summed E-state index contributed by atoms with van der Waals surface area (Å²) in [5, 5.41) is 9.88. The Balaban J connectivity index is 1.69. The summed E-state index contributed by atoms with van der Waals surface area (Å²) >= 11 is 0. The third-order valence-corrected chi connectivity index (χ3v) is 5.38. The molecule has 1 N–H and O–H groups in total. The Morgan fingerprint density at radius 3 is 2.42 bits per heavy atom. The first-order chi connectivity index (χ1) is 12.4. The van der Waals surface area contributed by atoms with Crippen LogP contribution < -0.4 is 0 Å². The average molecular weight is 360 g/mol. The highest BCUT2D eigenvalue weighted by atomic mass is 19.1. The topological polar surface area (TPSA) is 46.5 Å². The predicted octanol–water partition coefficient (Wildman–Crippen LogP) is 4.76. The van der Waals surface area contributed by atoms with Crippen LogP contribution in [0.2, 0.25) is 0 Å². The Morgan fingerprint density at radius 1 is 1.15 bits per heavy atom. The van der Waals surface area contributed by atoms with Gasteiger partial charge in [0.25, 0.3) is 0 Å². The molecule has 1 aliphatic rings. The number of rotatable bonds is 5. The fourth-order valence-corrected chi connectivity index (χ4v) is 3.77. The summed E-state index contributed by atoms with van der Waals surface area (Å²) in [7, 11) is 0. The molecule has 0 radical (unpaired) electrons. The van der Waals surface area contributed by atoms with Crippen LogP contribution in [0.25, 0.3) is 0 Å². The largest absolute Gasteiger partial charge is 0.481 e. The van der Waals surface area contributed by atoms with E-state index >= 15 is 0 Å². The maximum Gasteiger partial charge on any atom is 0.314 e. The second-order valence-electron chi connectivity index (χ2n) is 6.94. The van der Waals surface area contributed by atoms with Gasteiger partial charge in [0.05, 0.1) is 18.1 Å². The molecule has 1 saturated carbocycles. The van der Waals surface area contributed by atoms with E-state index in [-0.39, 0.29) is 17.7 Å². The molecule has 26 heavy (non-hydrogen) atoms. The van der Waals surface area contributed by atoms with Gasteiger partial charge in [-0.15, -0.1) is 0 Å². The summed E-state index contributed by atoms with van der Waals surface area (Å²) in [6.07, 6.45) is 1.93. The predicted molar refractivity (Wildman–Crippen MR) is 93.9 cm³/mol. The molecule has 5 heteroatoms.